The number of rotatable bonds is 6. The van der Waals surface area contributed by atoms with Crippen molar-refractivity contribution in [1.82, 2.24) is 4.72 Å². The summed E-state index contributed by atoms with van der Waals surface area (Å²) in [6.45, 7) is 4.39. The van der Waals surface area contributed by atoms with Crippen molar-refractivity contribution in [2.75, 3.05) is 6.54 Å². The standard InChI is InChI=1S/C10H17BrN2O2S2.ClH/c1-7(2)5-8(6-12)13-17(14,15)10-4-3-9(11)16-10;/h3-4,7-8,13H,5-6,12H2,1-2H3;1H. The minimum absolute atomic E-state index is 0. The predicted octanol–water partition coefficient (Wildman–Crippen LogP) is 2.58. The van der Waals surface area contributed by atoms with Crippen molar-refractivity contribution in [3.63, 3.8) is 0 Å². The normalized spacial score (nSPS) is 13.4. The Bertz CT molecular complexity index is 462. The summed E-state index contributed by atoms with van der Waals surface area (Å²) in [5, 5.41) is 0. The Morgan fingerprint density at radius 3 is 2.44 bits per heavy atom. The molecule has 1 heterocycles. The van der Waals surface area contributed by atoms with Gasteiger partial charge in [0.1, 0.15) is 4.21 Å². The first-order chi connectivity index (χ1) is 7.85. The molecule has 3 N–H and O–H groups in total. The van der Waals surface area contributed by atoms with Crippen molar-refractivity contribution in [1.29, 1.82) is 0 Å². The van der Waals surface area contributed by atoms with E-state index in [2.05, 4.69) is 20.7 Å². The molecule has 0 amide bonds. The molecule has 1 aromatic rings. The molecule has 1 unspecified atom stereocenters. The van der Waals surface area contributed by atoms with Gasteiger partial charge in [0, 0.05) is 12.6 Å². The van der Waals surface area contributed by atoms with Gasteiger partial charge in [-0.25, -0.2) is 13.1 Å². The lowest BCUT2D eigenvalue weighted by molar-refractivity contribution is 0.465. The fourth-order valence-corrected chi connectivity index (χ4v) is 4.77. The summed E-state index contributed by atoms with van der Waals surface area (Å²) in [6.07, 6.45) is 0.738. The lowest BCUT2D eigenvalue weighted by atomic mass is 10.1. The lowest BCUT2D eigenvalue weighted by Crippen LogP contribution is -2.40. The van der Waals surface area contributed by atoms with Crippen LogP contribution in [0.15, 0.2) is 20.1 Å². The molecule has 0 saturated heterocycles. The van der Waals surface area contributed by atoms with E-state index in [0.29, 0.717) is 16.7 Å². The van der Waals surface area contributed by atoms with Crippen LogP contribution in [-0.4, -0.2) is 21.0 Å². The highest BCUT2D eigenvalue weighted by atomic mass is 79.9. The zero-order valence-corrected chi connectivity index (χ0v) is 14.3. The van der Waals surface area contributed by atoms with Crippen molar-refractivity contribution < 1.29 is 8.42 Å². The number of sulfonamides is 1. The van der Waals surface area contributed by atoms with Crippen LogP contribution in [0, 0.1) is 5.92 Å². The van der Waals surface area contributed by atoms with E-state index in [4.69, 9.17) is 5.73 Å². The highest BCUT2D eigenvalue weighted by molar-refractivity contribution is 9.11. The van der Waals surface area contributed by atoms with Gasteiger partial charge in [-0.15, -0.1) is 23.7 Å². The molecule has 0 aliphatic carbocycles. The summed E-state index contributed by atoms with van der Waals surface area (Å²) in [5.74, 6) is 0.404. The fraction of sp³-hybridized carbons (Fsp3) is 0.600. The minimum atomic E-state index is -3.44. The number of hydrogen-bond donors (Lipinski definition) is 2. The zero-order valence-electron chi connectivity index (χ0n) is 10.2. The second-order valence-electron chi connectivity index (χ2n) is 4.24. The molecule has 4 nitrogen and oxygen atoms in total. The maximum atomic E-state index is 12.0. The molecule has 106 valence electrons. The van der Waals surface area contributed by atoms with E-state index in [-0.39, 0.29) is 18.4 Å². The van der Waals surface area contributed by atoms with E-state index in [1.807, 2.05) is 13.8 Å². The molecule has 18 heavy (non-hydrogen) atoms. The first-order valence-corrected chi connectivity index (χ1v) is 8.42. The summed E-state index contributed by atoms with van der Waals surface area (Å²) in [7, 11) is -3.44. The summed E-state index contributed by atoms with van der Waals surface area (Å²) in [4.78, 5) is 0. The lowest BCUT2D eigenvalue weighted by Gasteiger charge is -2.18. The van der Waals surface area contributed by atoms with Gasteiger partial charge in [-0.2, -0.15) is 0 Å². The van der Waals surface area contributed by atoms with Gasteiger partial charge in [-0.05, 0) is 40.4 Å². The number of nitrogens with two attached hydrogens (primary N) is 1. The van der Waals surface area contributed by atoms with Gasteiger partial charge in [-0.1, -0.05) is 13.8 Å². The third-order valence-electron chi connectivity index (χ3n) is 2.18. The van der Waals surface area contributed by atoms with E-state index in [0.717, 1.165) is 10.2 Å². The first kappa shape index (κ1) is 18.3. The van der Waals surface area contributed by atoms with Gasteiger partial charge >= 0.3 is 0 Å². The zero-order chi connectivity index (χ0) is 13.1. The van der Waals surface area contributed by atoms with Crippen LogP contribution in [0.5, 0.6) is 0 Å². The minimum Gasteiger partial charge on any atom is -0.329 e. The molecule has 1 atom stereocenters. The van der Waals surface area contributed by atoms with Gasteiger partial charge < -0.3 is 5.73 Å². The van der Waals surface area contributed by atoms with Crippen LogP contribution in [-0.2, 0) is 10.0 Å². The van der Waals surface area contributed by atoms with Gasteiger partial charge in [0.2, 0.25) is 10.0 Å². The summed E-state index contributed by atoms with van der Waals surface area (Å²) < 4.78 is 27.8. The molecule has 8 heteroatoms. The Balaban J connectivity index is 0.00000289. The fourth-order valence-electron chi connectivity index (χ4n) is 1.48. The Hall–Kier alpha value is 0.340. The summed E-state index contributed by atoms with van der Waals surface area (Å²) in [5.41, 5.74) is 5.58. The highest BCUT2D eigenvalue weighted by Gasteiger charge is 2.21. The number of halogens is 2. The number of nitrogens with one attached hydrogen (secondary N) is 1. The van der Waals surface area contributed by atoms with Crippen molar-refractivity contribution in [2.45, 2.75) is 30.5 Å². The van der Waals surface area contributed by atoms with Crippen LogP contribution in [0.2, 0.25) is 0 Å². The average Bonchev–Trinajstić information content (AvgIpc) is 2.63. The number of thiophene rings is 1. The van der Waals surface area contributed by atoms with E-state index >= 15 is 0 Å². The van der Waals surface area contributed by atoms with E-state index in [1.54, 1.807) is 12.1 Å². The van der Waals surface area contributed by atoms with Crippen LogP contribution >= 0.6 is 39.7 Å². The SMILES string of the molecule is CC(C)CC(CN)NS(=O)(=O)c1ccc(Br)s1.Cl. The smallest absolute Gasteiger partial charge is 0.250 e. The summed E-state index contributed by atoms with van der Waals surface area (Å²) in [6, 6.07) is 3.10. The van der Waals surface area contributed by atoms with Crippen LogP contribution in [0.3, 0.4) is 0 Å². The highest BCUT2D eigenvalue weighted by Crippen LogP contribution is 2.26. The van der Waals surface area contributed by atoms with Gasteiger partial charge in [0.15, 0.2) is 0 Å². The topological polar surface area (TPSA) is 72.2 Å². The van der Waals surface area contributed by atoms with Gasteiger partial charge in [0.25, 0.3) is 0 Å². The molecular formula is C10H18BrClN2O2S2. The van der Waals surface area contributed by atoms with Crippen molar-refractivity contribution >= 4 is 49.7 Å². The molecule has 0 fully saturated rings. The second-order valence-corrected chi connectivity index (χ2v) is 8.65. The van der Waals surface area contributed by atoms with E-state index in [9.17, 15) is 8.42 Å². The van der Waals surface area contributed by atoms with Crippen LogP contribution in [0.25, 0.3) is 0 Å². The number of hydrogen-bond acceptors (Lipinski definition) is 4. The molecule has 0 spiro atoms. The van der Waals surface area contributed by atoms with Crippen molar-refractivity contribution in [3.8, 4) is 0 Å². The van der Waals surface area contributed by atoms with Crippen LogP contribution in [0.1, 0.15) is 20.3 Å². The molecular weight excluding hydrogens is 360 g/mol. The maximum Gasteiger partial charge on any atom is 0.250 e. The van der Waals surface area contributed by atoms with Gasteiger partial charge in [0.05, 0.1) is 3.79 Å². The molecule has 0 saturated carbocycles. The molecule has 0 aliphatic heterocycles. The molecule has 0 aliphatic rings. The van der Waals surface area contributed by atoms with Crippen molar-refractivity contribution in [3.05, 3.63) is 15.9 Å². The average molecular weight is 378 g/mol. The second kappa shape index (κ2) is 7.81. The van der Waals surface area contributed by atoms with Crippen molar-refractivity contribution in [2.24, 2.45) is 11.7 Å². The third-order valence-corrected chi connectivity index (χ3v) is 5.81. The molecule has 0 radical (unpaired) electrons. The predicted molar refractivity (Wildman–Crippen MR) is 81.9 cm³/mol. The Morgan fingerprint density at radius 1 is 1.44 bits per heavy atom. The monoisotopic (exact) mass is 376 g/mol. The molecule has 0 aromatic carbocycles. The third kappa shape index (κ3) is 5.54. The Morgan fingerprint density at radius 2 is 2.06 bits per heavy atom. The largest absolute Gasteiger partial charge is 0.329 e. The van der Waals surface area contributed by atoms with Crippen LogP contribution in [0.4, 0.5) is 0 Å². The van der Waals surface area contributed by atoms with Gasteiger partial charge in [-0.3, -0.25) is 0 Å². The van der Waals surface area contributed by atoms with E-state index in [1.165, 1.54) is 11.3 Å². The molecule has 1 aromatic heterocycles. The first-order valence-electron chi connectivity index (χ1n) is 5.33. The molecule has 0 bridgehead atoms. The Labute approximate surface area is 127 Å². The Kier molecular flexibility index (Phi) is 7.96. The molecule has 1 rings (SSSR count). The van der Waals surface area contributed by atoms with Crippen LogP contribution < -0.4 is 10.5 Å². The maximum absolute atomic E-state index is 12.0. The summed E-state index contributed by atoms with van der Waals surface area (Å²) >= 11 is 4.44. The quantitative estimate of drug-likeness (QED) is 0.800. The van der Waals surface area contributed by atoms with E-state index < -0.39 is 10.0 Å².